The summed E-state index contributed by atoms with van der Waals surface area (Å²) in [6.07, 6.45) is 1.71. The van der Waals surface area contributed by atoms with Crippen molar-refractivity contribution in [1.29, 1.82) is 0 Å². The van der Waals surface area contributed by atoms with Gasteiger partial charge in [-0.1, -0.05) is 29.5 Å². The van der Waals surface area contributed by atoms with Gasteiger partial charge in [0.2, 0.25) is 0 Å². The van der Waals surface area contributed by atoms with Crippen molar-refractivity contribution >= 4 is 29.3 Å². The number of para-hydroxylation sites is 1. The average Bonchev–Trinajstić information content (AvgIpc) is 3.26. The summed E-state index contributed by atoms with van der Waals surface area (Å²) in [6, 6.07) is 9.55. The highest BCUT2D eigenvalue weighted by Gasteiger charge is 2.36. The van der Waals surface area contributed by atoms with E-state index in [-0.39, 0.29) is 24.3 Å². The highest BCUT2D eigenvalue weighted by Crippen LogP contribution is 2.40. The molecule has 0 aliphatic carbocycles. The van der Waals surface area contributed by atoms with Gasteiger partial charge in [-0.2, -0.15) is 0 Å². The zero-order chi connectivity index (χ0) is 30.4. The van der Waals surface area contributed by atoms with Crippen LogP contribution in [-0.2, 0) is 14.3 Å². The van der Waals surface area contributed by atoms with Gasteiger partial charge in [-0.3, -0.25) is 14.2 Å². The average molecular weight is 596 g/mol. The first kappa shape index (κ1) is 30.4. The van der Waals surface area contributed by atoms with Crippen molar-refractivity contribution in [2.24, 2.45) is 10.7 Å². The van der Waals surface area contributed by atoms with Crippen LogP contribution in [0.3, 0.4) is 0 Å². The number of amides is 1. The van der Waals surface area contributed by atoms with Gasteiger partial charge in [0.15, 0.2) is 34.4 Å². The van der Waals surface area contributed by atoms with E-state index in [1.807, 2.05) is 13.8 Å². The molecule has 0 saturated carbocycles. The molecular weight excluding hydrogens is 562 g/mol. The van der Waals surface area contributed by atoms with Gasteiger partial charge in [0.05, 0.1) is 42.7 Å². The van der Waals surface area contributed by atoms with Crippen LogP contribution < -0.4 is 39.6 Å². The number of esters is 1. The lowest BCUT2D eigenvalue weighted by atomic mass is 9.94. The number of nitrogens with two attached hydrogens (primary N) is 1. The van der Waals surface area contributed by atoms with E-state index in [4.69, 9.17) is 29.4 Å². The van der Waals surface area contributed by atoms with E-state index in [9.17, 15) is 14.4 Å². The molecule has 11 nitrogen and oxygen atoms in total. The van der Waals surface area contributed by atoms with Crippen molar-refractivity contribution in [3.8, 4) is 23.0 Å². The fourth-order valence-electron chi connectivity index (χ4n) is 4.60. The second-order valence-electron chi connectivity index (χ2n) is 9.01. The number of nitrogens with zero attached hydrogens (tertiary/aromatic N) is 2. The van der Waals surface area contributed by atoms with Gasteiger partial charge in [-0.05, 0) is 57.5 Å². The first-order valence-corrected chi connectivity index (χ1v) is 14.2. The Kier molecular flexibility index (Phi) is 9.68. The number of primary amides is 1. The minimum Gasteiger partial charge on any atom is -0.493 e. The molecule has 222 valence electrons. The van der Waals surface area contributed by atoms with Crippen molar-refractivity contribution in [3.05, 3.63) is 78.5 Å². The molecule has 0 fully saturated rings. The number of allylic oxidation sites excluding steroid dienone is 1. The molecule has 1 aliphatic heterocycles. The summed E-state index contributed by atoms with van der Waals surface area (Å²) in [5.41, 5.74) is 6.75. The number of methoxy groups -OCH3 is 1. The summed E-state index contributed by atoms with van der Waals surface area (Å²) in [6.45, 7) is 7.66. The number of carbonyl (C=O) groups is 2. The maximum Gasteiger partial charge on any atom is 0.338 e. The third-order valence-electron chi connectivity index (χ3n) is 6.26. The zero-order valence-electron chi connectivity index (χ0n) is 24.1. The van der Waals surface area contributed by atoms with Crippen molar-refractivity contribution in [2.45, 2.75) is 33.7 Å². The van der Waals surface area contributed by atoms with Crippen LogP contribution in [0.2, 0.25) is 0 Å². The summed E-state index contributed by atoms with van der Waals surface area (Å²) >= 11 is 1.19. The molecule has 1 aromatic heterocycles. The molecule has 2 N–H and O–H groups in total. The smallest absolute Gasteiger partial charge is 0.338 e. The lowest BCUT2D eigenvalue weighted by Crippen LogP contribution is -2.40. The van der Waals surface area contributed by atoms with Gasteiger partial charge < -0.3 is 29.4 Å². The summed E-state index contributed by atoms with van der Waals surface area (Å²) in [5.74, 6) is 0.457. The highest BCUT2D eigenvalue weighted by atomic mass is 32.1. The van der Waals surface area contributed by atoms with Gasteiger partial charge in [-0.15, -0.1) is 0 Å². The minimum absolute atomic E-state index is 0.157. The molecule has 0 spiro atoms. The van der Waals surface area contributed by atoms with Crippen LogP contribution in [0.1, 0.15) is 44.9 Å². The number of thiazole rings is 1. The summed E-state index contributed by atoms with van der Waals surface area (Å²) in [4.78, 5) is 43.5. The zero-order valence-corrected chi connectivity index (χ0v) is 24.9. The molecule has 0 unspecified atom stereocenters. The van der Waals surface area contributed by atoms with E-state index < -0.39 is 17.9 Å². The van der Waals surface area contributed by atoms with E-state index in [0.717, 1.165) is 0 Å². The topological polar surface area (TPSA) is 141 Å². The maximum atomic E-state index is 14.0. The van der Waals surface area contributed by atoms with Crippen LogP contribution in [0, 0.1) is 0 Å². The Morgan fingerprint density at radius 3 is 2.45 bits per heavy atom. The van der Waals surface area contributed by atoms with Crippen molar-refractivity contribution in [3.63, 3.8) is 0 Å². The van der Waals surface area contributed by atoms with E-state index in [2.05, 4.69) is 4.99 Å². The number of rotatable bonds is 12. The summed E-state index contributed by atoms with van der Waals surface area (Å²) < 4.78 is 29.9. The minimum atomic E-state index is -0.873. The van der Waals surface area contributed by atoms with Crippen LogP contribution in [-0.4, -0.2) is 50.0 Å². The summed E-state index contributed by atoms with van der Waals surface area (Å²) in [5, 5.41) is 0. The predicted octanol–water partition coefficient (Wildman–Crippen LogP) is 2.47. The Bertz CT molecular complexity index is 1710. The van der Waals surface area contributed by atoms with Gasteiger partial charge in [0.25, 0.3) is 11.5 Å². The molecule has 0 bridgehead atoms. The predicted molar refractivity (Wildman–Crippen MR) is 157 cm³/mol. The van der Waals surface area contributed by atoms with Crippen LogP contribution in [0.4, 0.5) is 0 Å². The number of fused-ring (bicyclic) bond motifs is 1. The third kappa shape index (κ3) is 6.18. The molecule has 0 saturated heterocycles. The first-order valence-electron chi connectivity index (χ1n) is 13.4. The van der Waals surface area contributed by atoms with E-state index >= 15 is 0 Å². The van der Waals surface area contributed by atoms with Crippen molar-refractivity contribution < 1.29 is 33.3 Å². The molecule has 1 atom stereocenters. The number of hydrogen-bond donors (Lipinski definition) is 1. The standard InChI is InChI=1S/C30H33N3O8S/c1-6-38-22-14-18(12-13-20(22)41-16-24(31)34)15-23-28(35)33-26(19-10-9-11-21(37-5)27(19)39-7-2)25(29(36)40-8-3)17(4)32-30(33)42-23/h9-15,26H,6-8,16H2,1-5H3,(H2,31,34)/b23-15+/t26-/m0/s1. The molecule has 1 aliphatic rings. The van der Waals surface area contributed by atoms with Crippen molar-refractivity contribution in [1.82, 2.24) is 4.57 Å². The quantitative estimate of drug-likeness (QED) is 0.315. The SMILES string of the molecule is CCOC(=O)C1=C(C)N=c2s/c(=C/c3ccc(OCC(N)=O)c(OCC)c3)c(=O)n2[C@H]1c1cccc(OC)c1OCC. The van der Waals surface area contributed by atoms with E-state index in [1.54, 1.807) is 56.3 Å². The molecule has 1 amide bonds. The lowest BCUT2D eigenvalue weighted by Gasteiger charge is -2.26. The number of hydrogen-bond acceptors (Lipinski definition) is 10. The number of aromatic nitrogens is 1. The Morgan fingerprint density at radius 2 is 1.79 bits per heavy atom. The Hall–Kier alpha value is -4.58. The van der Waals surface area contributed by atoms with E-state index in [1.165, 1.54) is 23.0 Å². The van der Waals surface area contributed by atoms with Gasteiger partial charge in [0.1, 0.15) is 6.04 Å². The second-order valence-corrected chi connectivity index (χ2v) is 10.0. The van der Waals surface area contributed by atoms with Gasteiger partial charge in [0, 0.05) is 5.56 Å². The molecule has 42 heavy (non-hydrogen) atoms. The van der Waals surface area contributed by atoms with Gasteiger partial charge in [-0.25, -0.2) is 9.79 Å². The molecular formula is C30H33N3O8S. The Balaban J connectivity index is 1.92. The Morgan fingerprint density at radius 1 is 1.02 bits per heavy atom. The number of benzene rings is 2. The molecule has 12 heteroatoms. The number of carbonyl (C=O) groups excluding carboxylic acids is 2. The largest absolute Gasteiger partial charge is 0.493 e. The molecule has 3 aromatic rings. The summed E-state index contributed by atoms with van der Waals surface area (Å²) in [7, 11) is 1.53. The van der Waals surface area contributed by atoms with Crippen LogP contribution >= 0.6 is 11.3 Å². The fraction of sp³-hybridized carbons (Fsp3) is 0.333. The monoisotopic (exact) mass is 595 g/mol. The normalized spacial score (nSPS) is 14.6. The lowest BCUT2D eigenvalue weighted by molar-refractivity contribution is -0.139. The van der Waals surface area contributed by atoms with E-state index in [0.29, 0.717) is 62.4 Å². The molecule has 4 rings (SSSR count). The first-order chi connectivity index (χ1) is 20.2. The van der Waals surface area contributed by atoms with Crippen LogP contribution in [0.5, 0.6) is 23.0 Å². The highest BCUT2D eigenvalue weighted by molar-refractivity contribution is 7.07. The molecule has 2 heterocycles. The van der Waals surface area contributed by atoms with Crippen molar-refractivity contribution in [2.75, 3.05) is 33.5 Å². The Labute approximate surface area is 246 Å². The molecule has 2 aromatic carbocycles. The molecule has 0 radical (unpaired) electrons. The van der Waals surface area contributed by atoms with Gasteiger partial charge >= 0.3 is 5.97 Å². The van der Waals surface area contributed by atoms with Crippen LogP contribution in [0.25, 0.3) is 6.08 Å². The second kappa shape index (κ2) is 13.4. The fourth-order valence-corrected chi connectivity index (χ4v) is 5.64. The van der Waals surface area contributed by atoms with Crippen LogP contribution in [0.15, 0.2) is 57.5 Å². The maximum absolute atomic E-state index is 14.0. The third-order valence-corrected chi connectivity index (χ3v) is 7.25. The number of ether oxygens (including phenoxy) is 5.